The molecular formula is C18H17N3O2. The van der Waals surface area contributed by atoms with Gasteiger partial charge in [0, 0.05) is 18.5 Å². The SMILES string of the molecule is O=C(Cc1ccccc1)NCCc1nc(-c2ccccc2)no1. The molecule has 0 aliphatic heterocycles. The molecule has 0 aliphatic rings. The molecule has 1 heterocycles. The Morgan fingerprint density at radius 1 is 1.00 bits per heavy atom. The molecule has 0 atom stereocenters. The average Bonchev–Trinajstić information content (AvgIpc) is 3.05. The molecule has 23 heavy (non-hydrogen) atoms. The predicted octanol–water partition coefficient (Wildman–Crippen LogP) is 2.64. The minimum atomic E-state index is -0.0148. The first kappa shape index (κ1) is 15.0. The molecule has 0 aliphatic carbocycles. The molecular weight excluding hydrogens is 290 g/mol. The highest BCUT2D eigenvalue weighted by atomic mass is 16.5. The molecule has 0 unspecified atom stereocenters. The number of carbonyl (C=O) groups is 1. The van der Waals surface area contributed by atoms with Crippen molar-refractivity contribution in [2.24, 2.45) is 0 Å². The number of carbonyl (C=O) groups excluding carboxylic acids is 1. The Hall–Kier alpha value is -2.95. The number of aromatic nitrogens is 2. The van der Waals surface area contributed by atoms with E-state index in [-0.39, 0.29) is 5.91 Å². The molecule has 0 saturated heterocycles. The fourth-order valence-electron chi connectivity index (χ4n) is 2.21. The predicted molar refractivity (Wildman–Crippen MR) is 86.6 cm³/mol. The quantitative estimate of drug-likeness (QED) is 0.760. The minimum absolute atomic E-state index is 0.0148. The van der Waals surface area contributed by atoms with E-state index in [0.29, 0.717) is 31.1 Å². The van der Waals surface area contributed by atoms with Crippen LogP contribution in [0.25, 0.3) is 11.4 Å². The van der Waals surface area contributed by atoms with E-state index in [2.05, 4.69) is 15.5 Å². The van der Waals surface area contributed by atoms with Crippen LogP contribution in [-0.2, 0) is 17.6 Å². The highest BCUT2D eigenvalue weighted by Crippen LogP contribution is 2.14. The van der Waals surface area contributed by atoms with Crippen molar-refractivity contribution < 1.29 is 9.32 Å². The van der Waals surface area contributed by atoms with E-state index in [1.165, 1.54) is 0 Å². The molecule has 3 aromatic rings. The van der Waals surface area contributed by atoms with Gasteiger partial charge in [-0.05, 0) is 5.56 Å². The van der Waals surface area contributed by atoms with E-state index in [4.69, 9.17) is 4.52 Å². The van der Waals surface area contributed by atoms with Gasteiger partial charge < -0.3 is 9.84 Å². The summed E-state index contributed by atoms with van der Waals surface area (Å²) in [5.41, 5.74) is 1.91. The second-order valence-electron chi connectivity index (χ2n) is 5.14. The molecule has 2 aromatic carbocycles. The Labute approximate surface area is 134 Å². The Kier molecular flexibility index (Phi) is 4.79. The number of rotatable bonds is 6. The molecule has 0 fully saturated rings. The average molecular weight is 307 g/mol. The largest absolute Gasteiger partial charge is 0.355 e. The van der Waals surface area contributed by atoms with Crippen LogP contribution in [0.4, 0.5) is 0 Å². The molecule has 5 nitrogen and oxygen atoms in total. The van der Waals surface area contributed by atoms with E-state index in [9.17, 15) is 4.79 Å². The standard InChI is InChI=1S/C18H17N3O2/c22-16(13-14-7-3-1-4-8-14)19-12-11-17-20-18(21-23-17)15-9-5-2-6-10-15/h1-10H,11-13H2,(H,19,22). The number of amides is 1. The second-order valence-corrected chi connectivity index (χ2v) is 5.14. The molecule has 1 aromatic heterocycles. The topological polar surface area (TPSA) is 68.0 Å². The van der Waals surface area contributed by atoms with Gasteiger partial charge in [-0.25, -0.2) is 0 Å². The first-order valence-electron chi connectivity index (χ1n) is 7.50. The Morgan fingerprint density at radius 2 is 1.70 bits per heavy atom. The second kappa shape index (κ2) is 7.35. The van der Waals surface area contributed by atoms with Gasteiger partial charge in [0.15, 0.2) is 0 Å². The molecule has 0 spiro atoms. The van der Waals surface area contributed by atoms with E-state index in [0.717, 1.165) is 11.1 Å². The van der Waals surface area contributed by atoms with Crippen LogP contribution < -0.4 is 5.32 Å². The van der Waals surface area contributed by atoms with E-state index < -0.39 is 0 Å². The maximum Gasteiger partial charge on any atom is 0.228 e. The maximum atomic E-state index is 11.9. The molecule has 5 heteroatoms. The molecule has 3 rings (SSSR count). The first-order valence-corrected chi connectivity index (χ1v) is 7.50. The number of nitrogens with zero attached hydrogens (tertiary/aromatic N) is 2. The summed E-state index contributed by atoms with van der Waals surface area (Å²) >= 11 is 0. The monoisotopic (exact) mass is 307 g/mol. The Balaban J connectivity index is 1.48. The lowest BCUT2D eigenvalue weighted by molar-refractivity contribution is -0.120. The van der Waals surface area contributed by atoms with Crippen LogP contribution in [0.5, 0.6) is 0 Å². The lowest BCUT2D eigenvalue weighted by Gasteiger charge is -2.03. The molecule has 116 valence electrons. The third kappa shape index (κ3) is 4.26. The van der Waals surface area contributed by atoms with E-state index in [1.807, 2.05) is 60.7 Å². The van der Waals surface area contributed by atoms with Gasteiger partial charge >= 0.3 is 0 Å². The van der Waals surface area contributed by atoms with Crippen LogP contribution in [0.1, 0.15) is 11.5 Å². The zero-order valence-electron chi connectivity index (χ0n) is 12.6. The fraction of sp³-hybridized carbons (Fsp3) is 0.167. The van der Waals surface area contributed by atoms with Crippen molar-refractivity contribution in [1.29, 1.82) is 0 Å². The van der Waals surface area contributed by atoms with Gasteiger partial charge in [0.25, 0.3) is 0 Å². The Bertz CT molecular complexity index is 754. The summed E-state index contributed by atoms with van der Waals surface area (Å²) in [6.07, 6.45) is 0.889. The summed E-state index contributed by atoms with van der Waals surface area (Å²) < 4.78 is 5.21. The van der Waals surface area contributed by atoms with Gasteiger partial charge in [-0.1, -0.05) is 65.8 Å². The lowest BCUT2D eigenvalue weighted by atomic mass is 10.1. The summed E-state index contributed by atoms with van der Waals surface area (Å²) in [6, 6.07) is 19.3. The van der Waals surface area contributed by atoms with Crippen LogP contribution in [0.15, 0.2) is 65.2 Å². The third-order valence-corrected chi connectivity index (χ3v) is 3.37. The summed E-state index contributed by atoms with van der Waals surface area (Å²) in [6.45, 7) is 0.474. The number of hydrogen-bond acceptors (Lipinski definition) is 4. The van der Waals surface area contributed by atoms with Crippen molar-refractivity contribution >= 4 is 5.91 Å². The first-order chi connectivity index (χ1) is 11.3. The molecule has 1 amide bonds. The van der Waals surface area contributed by atoms with Crippen molar-refractivity contribution in [2.45, 2.75) is 12.8 Å². The smallest absolute Gasteiger partial charge is 0.228 e. The minimum Gasteiger partial charge on any atom is -0.355 e. The van der Waals surface area contributed by atoms with Crippen molar-refractivity contribution in [3.8, 4) is 11.4 Å². The van der Waals surface area contributed by atoms with Crippen LogP contribution >= 0.6 is 0 Å². The van der Waals surface area contributed by atoms with Gasteiger partial charge in [-0.2, -0.15) is 4.98 Å². The van der Waals surface area contributed by atoms with Gasteiger partial charge in [-0.3, -0.25) is 4.79 Å². The van der Waals surface area contributed by atoms with Crippen LogP contribution in [0.3, 0.4) is 0 Å². The number of hydrogen-bond donors (Lipinski definition) is 1. The summed E-state index contributed by atoms with van der Waals surface area (Å²) in [5, 5.41) is 6.82. The van der Waals surface area contributed by atoms with Crippen molar-refractivity contribution in [1.82, 2.24) is 15.5 Å². The highest BCUT2D eigenvalue weighted by molar-refractivity contribution is 5.78. The van der Waals surface area contributed by atoms with E-state index >= 15 is 0 Å². The molecule has 0 radical (unpaired) electrons. The maximum absolute atomic E-state index is 11.9. The zero-order valence-corrected chi connectivity index (χ0v) is 12.6. The number of nitrogens with one attached hydrogen (secondary N) is 1. The molecule has 0 saturated carbocycles. The van der Waals surface area contributed by atoms with Crippen molar-refractivity contribution in [3.63, 3.8) is 0 Å². The van der Waals surface area contributed by atoms with Crippen molar-refractivity contribution in [3.05, 3.63) is 72.1 Å². The van der Waals surface area contributed by atoms with Crippen LogP contribution in [0.2, 0.25) is 0 Å². The summed E-state index contributed by atoms with van der Waals surface area (Å²) in [7, 11) is 0. The third-order valence-electron chi connectivity index (χ3n) is 3.37. The molecule has 0 bridgehead atoms. The van der Waals surface area contributed by atoms with Crippen LogP contribution in [-0.4, -0.2) is 22.6 Å². The normalized spacial score (nSPS) is 10.4. The summed E-state index contributed by atoms with van der Waals surface area (Å²) in [4.78, 5) is 16.2. The molecule has 1 N–H and O–H groups in total. The Morgan fingerprint density at radius 3 is 2.43 bits per heavy atom. The highest BCUT2D eigenvalue weighted by Gasteiger charge is 2.09. The van der Waals surface area contributed by atoms with Gasteiger partial charge in [0.05, 0.1) is 6.42 Å². The van der Waals surface area contributed by atoms with E-state index in [1.54, 1.807) is 0 Å². The van der Waals surface area contributed by atoms with Gasteiger partial charge in [-0.15, -0.1) is 0 Å². The lowest BCUT2D eigenvalue weighted by Crippen LogP contribution is -2.27. The van der Waals surface area contributed by atoms with Crippen LogP contribution in [0, 0.1) is 0 Å². The summed E-state index contributed by atoms with van der Waals surface area (Å²) in [5.74, 6) is 1.07. The zero-order chi connectivity index (χ0) is 15.9. The van der Waals surface area contributed by atoms with Gasteiger partial charge in [0.1, 0.15) is 0 Å². The van der Waals surface area contributed by atoms with Crippen molar-refractivity contribution in [2.75, 3.05) is 6.54 Å². The number of benzene rings is 2. The van der Waals surface area contributed by atoms with Gasteiger partial charge in [0.2, 0.25) is 17.6 Å². The fourth-order valence-corrected chi connectivity index (χ4v) is 2.21.